The fourth-order valence-corrected chi connectivity index (χ4v) is 6.14. The molecule has 3 amide bonds. The maximum Gasteiger partial charge on any atom is 0.312 e. The van der Waals surface area contributed by atoms with Crippen molar-refractivity contribution in [1.82, 2.24) is 10.6 Å². The van der Waals surface area contributed by atoms with Crippen molar-refractivity contribution in [2.75, 3.05) is 6.54 Å². The van der Waals surface area contributed by atoms with E-state index in [1.807, 2.05) is 30.3 Å². The minimum atomic E-state index is -0.657. The van der Waals surface area contributed by atoms with Crippen molar-refractivity contribution in [3.05, 3.63) is 35.9 Å². The fraction of sp³-hybridized carbons (Fsp3) is 0.619. The van der Waals surface area contributed by atoms with Crippen LogP contribution in [-0.4, -0.2) is 24.5 Å². The molecule has 5 heteroatoms. The number of rotatable bonds is 6. The van der Waals surface area contributed by atoms with Crippen LogP contribution in [0.5, 0.6) is 0 Å². The fourth-order valence-electron chi connectivity index (χ4n) is 6.14. The Labute approximate surface area is 155 Å². The van der Waals surface area contributed by atoms with Crippen LogP contribution in [0.1, 0.15) is 44.1 Å². The van der Waals surface area contributed by atoms with E-state index < -0.39 is 12.1 Å². The van der Waals surface area contributed by atoms with Crippen molar-refractivity contribution < 1.29 is 9.59 Å². The van der Waals surface area contributed by atoms with Crippen molar-refractivity contribution in [2.24, 2.45) is 28.9 Å². The number of hydrogen-bond acceptors (Lipinski definition) is 2. The molecule has 4 N–H and O–H groups in total. The van der Waals surface area contributed by atoms with Gasteiger partial charge in [-0.05, 0) is 67.3 Å². The van der Waals surface area contributed by atoms with Crippen LogP contribution >= 0.6 is 0 Å². The lowest BCUT2D eigenvalue weighted by atomic mass is 9.49. The van der Waals surface area contributed by atoms with Crippen molar-refractivity contribution >= 4 is 11.9 Å². The predicted molar refractivity (Wildman–Crippen MR) is 100 cm³/mol. The average molecular weight is 355 g/mol. The van der Waals surface area contributed by atoms with Gasteiger partial charge in [0, 0.05) is 13.0 Å². The normalized spacial score (nSPS) is 32.8. The van der Waals surface area contributed by atoms with Gasteiger partial charge in [-0.3, -0.25) is 4.79 Å². The van der Waals surface area contributed by atoms with Gasteiger partial charge in [-0.25, -0.2) is 4.79 Å². The number of hydrogen-bond donors (Lipinski definition) is 3. The van der Waals surface area contributed by atoms with Crippen LogP contribution in [0.4, 0.5) is 4.79 Å². The summed E-state index contributed by atoms with van der Waals surface area (Å²) in [6.07, 6.45) is 8.41. The minimum absolute atomic E-state index is 0.122. The summed E-state index contributed by atoms with van der Waals surface area (Å²) in [5, 5.41) is 5.77. The number of amides is 3. The maximum absolute atomic E-state index is 12.8. The average Bonchev–Trinajstić information content (AvgIpc) is 2.58. The van der Waals surface area contributed by atoms with E-state index in [4.69, 9.17) is 5.73 Å². The van der Waals surface area contributed by atoms with Gasteiger partial charge in [-0.1, -0.05) is 30.3 Å². The Morgan fingerprint density at radius 1 is 1.04 bits per heavy atom. The number of benzene rings is 1. The largest absolute Gasteiger partial charge is 0.354 e. The van der Waals surface area contributed by atoms with Gasteiger partial charge in [-0.15, -0.1) is 0 Å². The number of primary amides is 1. The minimum Gasteiger partial charge on any atom is -0.354 e. The van der Waals surface area contributed by atoms with Gasteiger partial charge in [-0.2, -0.15) is 0 Å². The summed E-state index contributed by atoms with van der Waals surface area (Å²) in [6, 6.07) is 8.45. The summed E-state index contributed by atoms with van der Waals surface area (Å²) in [5.41, 5.74) is 6.59. The molecule has 0 heterocycles. The maximum atomic E-state index is 12.8. The summed E-state index contributed by atoms with van der Waals surface area (Å²) in [6.45, 7) is 0.737. The molecule has 5 nitrogen and oxygen atoms in total. The van der Waals surface area contributed by atoms with Gasteiger partial charge in [0.15, 0.2) is 0 Å². The molecule has 4 fully saturated rings. The zero-order valence-corrected chi connectivity index (χ0v) is 15.2. The van der Waals surface area contributed by atoms with Crippen molar-refractivity contribution in [2.45, 2.75) is 51.0 Å². The molecule has 1 unspecified atom stereocenters. The van der Waals surface area contributed by atoms with Gasteiger partial charge >= 0.3 is 6.03 Å². The second kappa shape index (κ2) is 6.93. The molecule has 5 rings (SSSR count). The van der Waals surface area contributed by atoms with E-state index in [0.717, 1.165) is 29.9 Å². The van der Waals surface area contributed by atoms with E-state index in [2.05, 4.69) is 10.6 Å². The number of carbonyl (C=O) groups is 2. The Morgan fingerprint density at radius 2 is 1.62 bits per heavy atom. The first-order chi connectivity index (χ1) is 12.5. The Kier molecular flexibility index (Phi) is 4.63. The van der Waals surface area contributed by atoms with Crippen LogP contribution in [0.2, 0.25) is 0 Å². The second-order valence-corrected chi connectivity index (χ2v) is 8.89. The van der Waals surface area contributed by atoms with Gasteiger partial charge < -0.3 is 16.4 Å². The first-order valence-electron chi connectivity index (χ1n) is 9.89. The molecule has 1 aromatic rings. The highest BCUT2D eigenvalue weighted by Gasteiger charge is 2.50. The van der Waals surface area contributed by atoms with E-state index in [1.54, 1.807) is 0 Å². The summed E-state index contributed by atoms with van der Waals surface area (Å²) >= 11 is 0. The van der Waals surface area contributed by atoms with E-state index in [9.17, 15) is 9.59 Å². The van der Waals surface area contributed by atoms with E-state index in [0.29, 0.717) is 6.42 Å². The Balaban J connectivity index is 1.39. The topological polar surface area (TPSA) is 84.2 Å². The summed E-state index contributed by atoms with van der Waals surface area (Å²) in [7, 11) is 0. The van der Waals surface area contributed by atoms with Gasteiger partial charge in [0.05, 0.1) is 0 Å². The molecule has 26 heavy (non-hydrogen) atoms. The first-order valence-corrected chi connectivity index (χ1v) is 9.89. The Morgan fingerprint density at radius 3 is 2.15 bits per heavy atom. The highest BCUT2D eigenvalue weighted by molar-refractivity contribution is 5.86. The summed E-state index contributed by atoms with van der Waals surface area (Å²) in [4.78, 5) is 24.2. The molecule has 0 aliphatic heterocycles. The van der Waals surface area contributed by atoms with Crippen molar-refractivity contribution in [3.8, 4) is 0 Å². The number of urea groups is 1. The van der Waals surface area contributed by atoms with Gasteiger partial charge in [0.2, 0.25) is 5.91 Å². The SMILES string of the molecule is NC(=O)NC(Cc1ccccc1)C(=O)NCC12CC3CC(CC(C3)C1)C2. The molecule has 1 aromatic carbocycles. The predicted octanol–water partition coefficient (Wildman–Crippen LogP) is 2.60. The summed E-state index contributed by atoms with van der Waals surface area (Å²) < 4.78 is 0. The molecule has 0 radical (unpaired) electrons. The van der Waals surface area contributed by atoms with Gasteiger partial charge in [0.25, 0.3) is 0 Å². The van der Waals surface area contributed by atoms with Gasteiger partial charge in [0.1, 0.15) is 6.04 Å². The van der Waals surface area contributed by atoms with Crippen molar-refractivity contribution in [3.63, 3.8) is 0 Å². The molecule has 0 saturated heterocycles. The molecule has 4 bridgehead atoms. The molecule has 4 aliphatic rings. The van der Waals surface area contributed by atoms with E-state index in [1.165, 1.54) is 38.5 Å². The highest BCUT2D eigenvalue weighted by atomic mass is 16.2. The zero-order valence-electron chi connectivity index (χ0n) is 15.2. The number of nitrogens with one attached hydrogen (secondary N) is 2. The van der Waals surface area contributed by atoms with Crippen LogP contribution in [0, 0.1) is 23.2 Å². The third kappa shape index (κ3) is 3.71. The molecule has 140 valence electrons. The second-order valence-electron chi connectivity index (χ2n) is 8.89. The molecular weight excluding hydrogens is 326 g/mol. The third-order valence-corrected chi connectivity index (χ3v) is 6.72. The Bertz CT molecular complexity index is 638. The molecule has 1 atom stereocenters. The quantitative estimate of drug-likeness (QED) is 0.733. The van der Waals surface area contributed by atoms with E-state index in [-0.39, 0.29) is 11.3 Å². The van der Waals surface area contributed by atoms with Crippen molar-refractivity contribution in [1.29, 1.82) is 0 Å². The van der Waals surface area contributed by atoms with Crippen LogP contribution < -0.4 is 16.4 Å². The standard InChI is InChI=1S/C21H29N3O2/c22-20(26)24-18(9-14-4-2-1-3-5-14)19(25)23-13-21-10-15-6-16(11-21)8-17(7-15)12-21/h1-5,15-18H,6-13H2,(H,23,25)(H3,22,24,26). The van der Waals surface area contributed by atoms with Crippen LogP contribution in [0.3, 0.4) is 0 Å². The summed E-state index contributed by atoms with van der Waals surface area (Å²) in [5.74, 6) is 2.47. The third-order valence-electron chi connectivity index (χ3n) is 6.72. The molecule has 0 aromatic heterocycles. The lowest BCUT2D eigenvalue weighted by molar-refractivity contribution is -0.125. The molecule has 4 saturated carbocycles. The molecular formula is C21H29N3O2. The molecule has 4 aliphatic carbocycles. The first kappa shape index (κ1) is 17.4. The number of carbonyl (C=O) groups excluding carboxylic acids is 2. The highest BCUT2D eigenvalue weighted by Crippen LogP contribution is 2.59. The van der Waals surface area contributed by atoms with Crippen LogP contribution in [0.15, 0.2) is 30.3 Å². The smallest absolute Gasteiger partial charge is 0.312 e. The zero-order chi connectivity index (χ0) is 18.1. The molecule has 0 spiro atoms. The van der Waals surface area contributed by atoms with Crippen LogP contribution in [0.25, 0.3) is 0 Å². The number of nitrogens with two attached hydrogens (primary N) is 1. The monoisotopic (exact) mass is 355 g/mol. The van der Waals surface area contributed by atoms with E-state index >= 15 is 0 Å². The lowest BCUT2D eigenvalue weighted by Gasteiger charge is -2.57. The Hall–Kier alpha value is -2.04. The van der Waals surface area contributed by atoms with Crippen LogP contribution in [-0.2, 0) is 11.2 Å². The lowest BCUT2D eigenvalue weighted by Crippen LogP contribution is -2.55.